The number of sulfonamides is 1. The molecule has 0 atom stereocenters. The average Bonchev–Trinajstić information content (AvgIpc) is 3.15. The summed E-state index contributed by atoms with van der Waals surface area (Å²) in [7, 11) is -3.68. The lowest BCUT2D eigenvalue weighted by molar-refractivity contribution is -0.132. The highest BCUT2D eigenvalue weighted by atomic mass is 32.2. The molecule has 0 unspecified atom stereocenters. The van der Waals surface area contributed by atoms with Crippen molar-refractivity contribution in [3.05, 3.63) is 66.6 Å². The molecule has 2 heterocycles. The number of aryl methyl sites for hydroxylation is 1. The molecule has 8 heteroatoms. The number of hydrogen-bond donors (Lipinski definition) is 0. The monoisotopic (exact) mass is 415 g/mol. The second-order valence-corrected chi connectivity index (χ2v) is 8.99. The van der Waals surface area contributed by atoms with Crippen LogP contribution in [0.2, 0.25) is 0 Å². The van der Waals surface area contributed by atoms with E-state index in [1.807, 2.05) is 36.5 Å². The molecule has 0 bridgehead atoms. The zero-order valence-corrected chi connectivity index (χ0v) is 16.7. The molecule has 1 amide bonds. The Morgan fingerprint density at radius 1 is 0.931 bits per heavy atom. The normalized spacial score (nSPS) is 15.7. The number of aromatic nitrogens is 1. The van der Waals surface area contributed by atoms with Gasteiger partial charge in [0.2, 0.25) is 15.9 Å². The molecular weight excluding hydrogens is 393 g/mol. The SMILES string of the molecule is O=C(CCn1ccc2ccccc21)N1CCN(S(=O)(=O)c2ccc(F)cc2)CC1. The van der Waals surface area contributed by atoms with E-state index < -0.39 is 15.8 Å². The number of benzene rings is 2. The zero-order valence-electron chi connectivity index (χ0n) is 15.9. The minimum atomic E-state index is -3.68. The second-order valence-electron chi connectivity index (χ2n) is 7.06. The van der Waals surface area contributed by atoms with E-state index in [9.17, 15) is 17.6 Å². The first-order valence-electron chi connectivity index (χ1n) is 9.52. The predicted octanol–water partition coefficient (Wildman–Crippen LogP) is 2.70. The number of halogens is 1. The molecule has 4 rings (SSSR count). The largest absolute Gasteiger partial charge is 0.347 e. The van der Waals surface area contributed by atoms with Crippen molar-refractivity contribution in [2.75, 3.05) is 26.2 Å². The van der Waals surface area contributed by atoms with Crippen LogP contribution in [-0.2, 0) is 21.4 Å². The van der Waals surface area contributed by atoms with E-state index in [0.29, 0.717) is 26.1 Å². The quantitative estimate of drug-likeness (QED) is 0.644. The van der Waals surface area contributed by atoms with Crippen LogP contribution in [0, 0.1) is 5.82 Å². The van der Waals surface area contributed by atoms with Crippen LogP contribution < -0.4 is 0 Å². The van der Waals surface area contributed by atoms with Gasteiger partial charge in [0.05, 0.1) is 4.90 Å². The van der Waals surface area contributed by atoms with E-state index in [-0.39, 0.29) is 23.9 Å². The highest BCUT2D eigenvalue weighted by Gasteiger charge is 2.30. The number of para-hydroxylation sites is 1. The van der Waals surface area contributed by atoms with Gasteiger partial charge in [0.1, 0.15) is 5.82 Å². The average molecular weight is 415 g/mol. The number of piperazine rings is 1. The Bertz CT molecular complexity index is 1120. The molecule has 6 nitrogen and oxygen atoms in total. The molecule has 0 radical (unpaired) electrons. The Morgan fingerprint density at radius 3 is 2.34 bits per heavy atom. The zero-order chi connectivity index (χ0) is 20.4. The summed E-state index contributed by atoms with van der Waals surface area (Å²) in [5.74, 6) is -0.462. The van der Waals surface area contributed by atoms with Gasteiger partial charge in [-0.3, -0.25) is 4.79 Å². The Kier molecular flexibility index (Phi) is 5.38. The topological polar surface area (TPSA) is 62.6 Å². The summed E-state index contributed by atoms with van der Waals surface area (Å²) >= 11 is 0. The minimum Gasteiger partial charge on any atom is -0.347 e. The number of carbonyl (C=O) groups is 1. The molecule has 29 heavy (non-hydrogen) atoms. The fourth-order valence-corrected chi connectivity index (χ4v) is 5.07. The van der Waals surface area contributed by atoms with E-state index in [0.717, 1.165) is 23.0 Å². The Balaban J connectivity index is 1.34. The van der Waals surface area contributed by atoms with Gasteiger partial charge in [-0.1, -0.05) is 18.2 Å². The van der Waals surface area contributed by atoms with Gasteiger partial charge < -0.3 is 9.47 Å². The van der Waals surface area contributed by atoms with Crippen LogP contribution in [0.3, 0.4) is 0 Å². The molecule has 0 aliphatic carbocycles. The molecule has 1 fully saturated rings. The van der Waals surface area contributed by atoms with Gasteiger partial charge in [-0.15, -0.1) is 0 Å². The van der Waals surface area contributed by atoms with Crippen LogP contribution >= 0.6 is 0 Å². The van der Waals surface area contributed by atoms with E-state index in [1.165, 1.54) is 16.4 Å². The van der Waals surface area contributed by atoms with Crippen molar-refractivity contribution in [2.24, 2.45) is 0 Å². The number of nitrogens with zero attached hydrogens (tertiary/aromatic N) is 3. The Morgan fingerprint density at radius 2 is 1.62 bits per heavy atom. The van der Waals surface area contributed by atoms with Gasteiger partial charge in [-0.25, -0.2) is 12.8 Å². The molecule has 0 spiro atoms. The smallest absolute Gasteiger partial charge is 0.243 e. The first-order valence-corrected chi connectivity index (χ1v) is 11.0. The third-order valence-electron chi connectivity index (χ3n) is 5.29. The fourth-order valence-electron chi connectivity index (χ4n) is 3.64. The van der Waals surface area contributed by atoms with Gasteiger partial charge in [-0.2, -0.15) is 4.31 Å². The van der Waals surface area contributed by atoms with Crippen LogP contribution in [-0.4, -0.2) is 54.3 Å². The summed E-state index contributed by atoms with van der Waals surface area (Å²) in [5, 5.41) is 1.14. The van der Waals surface area contributed by atoms with Crippen molar-refractivity contribution < 1.29 is 17.6 Å². The van der Waals surface area contributed by atoms with Crippen molar-refractivity contribution in [2.45, 2.75) is 17.9 Å². The van der Waals surface area contributed by atoms with Crippen LogP contribution in [0.25, 0.3) is 10.9 Å². The first kappa shape index (κ1) is 19.6. The number of hydrogen-bond acceptors (Lipinski definition) is 3. The molecule has 1 saturated heterocycles. The number of amides is 1. The summed E-state index contributed by atoms with van der Waals surface area (Å²) in [6.45, 7) is 1.76. The minimum absolute atomic E-state index is 0.0154. The van der Waals surface area contributed by atoms with E-state index in [2.05, 4.69) is 4.57 Å². The standard InChI is InChI=1S/C21H22FN3O3S/c22-18-5-7-19(8-6-18)29(27,28)25-15-13-24(14-16-25)21(26)10-12-23-11-9-17-3-1-2-4-20(17)23/h1-9,11H,10,12-16H2. The second kappa shape index (κ2) is 7.96. The summed E-state index contributed by atoms with van der Waals surface area (Å²) in [6, 6.07) is 14.9. The molecular formula is C21H22FN3O3S. The fraction of sp³-hybridized carbons (Fsp3) is 0.286. The molecule has 3 aromatic rings. The Hall–Kier alpha value is -2.71. The molecule has 152 valence electrons. The third kappa shape index (κ3) is 4.04. The molecule has 2 aromatic carbocycles. The van der Waals surface area contributed by atoms with Gasteiger partial charge >= 0.3 is 0 Å². The predicted molar refractivity (Wildman–Crippen MR) is 108 cm³/mol. The van der Waals surface area contributed by atoms with Crippen molar-refractivity contribution in [1.29, 1.82) is 0 Å². The van der Waals surface area contributed by atoms with E-state index in [4.69, 9.17) is 0 Å². The van der Waals surface area contributed by atoms with E-state index >= 15 is 0 Å². The summed E-state index contributed by atoms with van der Waals surface area (Å²) in [5.41, 5.74) is 1.09. The number of carbonyl (C=O) groups excluding carboxylic acids is 1. The highest BCUT2D eigenvalue weighted by molar-refractivity contribution is 7.89. The van der Waals surface area contributed by atoms with Gasteiger partial charge in [0, 0.05) is 50.9 Å². The molecule has 0 N–H and O–H groups in total. The van der Waals surface area contributed by atoms with Crippen molar-refractivity contribution in [1.82, 2.24) is 13.8 Å². The lowest BCUT2D eigenvalue weighted by Gasteiger charge is -2.34. The third-order valence-corrected chi connectivity index (χ3v) is 7.20. The lowest BCUT2D eigenvalue weighted by Crippen LogP contribution is -2.50. The van der Waals surface area contributed by atoms with Gasteiger partial charge in [-0.05, 0) is 41.8 Å². The van der Waals surface area contributed by atoms with Gasteiger partial charge in [0.15, 0.2) is 0 Å². The van der Waals surface area contributed by atoms with Crippen molar-refractivity contribution >= 4 is 26.8 Å². The lowest BCUT2D eigenvalue weighted by atomic mass is 10.2. The van der Waals surface area contributed by atoms with Crippen molar-refractivity contribution in [3.8, 4) is 0 Å². The van der Waals surface area contributed by atoms with Crippen LogP contribution in [0.5, 0.6) is 0 Å². The molecule has 1 aromatic heterocycles. The van der Waals surface area contributed by atoms with Crippen LogP contribution in [0.4, 0.5) is 4.39 Å². The highest BCUT2D eigenvalue weighted by Crippen LogP contribution is 2.19. The summed E-state index contributed by atoms with van der Waals surface area (Å²) in [4.78, 5) is 14.4. The maximum absolute atomic E-state index is 13.1. The maximum atomic E-state index is 13.1. The number of rotatable bonds is 5. The number of fused-ring (bicyclic) bond motifs is 1. The summed E-state index contributed by atoms with van der Waals surface area (Å²) < 4.78 is 41.8. The maximum Gasteiger partial charge on any atom is 0.243 e. The van der Waals surface area contributed by atoms with Gasteiger partial charge in [0.25, 0.3) is 0 Å². The molecule has 1 aliphatic rings. The molecule has 0 saturated carbocycles. The van der Waals surface area contributed by atoms with Crippen LogP contribution in [0.1, 0.15) is 6.42 Å². The Labute approximate surface area is 169 Å². The van der Waals surface area contributed by atoms with Crippen LogP contribution in [0.15, 0.2) is 65.7 Å². The molecule has 1 aliphatic heterocycles. The first-order chi connectivity index (χ1) is 13.9. The van der Waals surface area contributed by atoms with Crippen molar-refractivity contribution in [3.63, 3.8) is 0 Å². The summed E-state index contributed by atoms with van der Waals surface area (Å²) in [6.07, 6.45) is 2.34. The van der Waals surface area contributed by atoms with E-state index in [1.54, 1.807) is 4.90 Å².